The number of nitriles is 1. The molecule has 0 saturated carbocycles. The third kappa shape index (κ3) is 2.43. The Bertz CT molecular complexity index is 549. The average molecular weight is 225 g/mol. The third-order valence-electron chi connectivity index (χ3n) is 2.64. The Hall–Kier alpha value is -1.92. The van der Waals surface area contributed by atoms with Crippen LogP contribution in [0.2, 0.25) is 0 Å². The van der Waals surface area contributed by atoms with Gasteiger partial charge in [0, 0.05) is 29.4 Å². The lowest BCUT2D eigenvalue weighted by Gasteiger charge is -2.16. The summed E-state index contributed by atoms with van der Waals surface area (Å²) in [6.07, 6.45) is 3.59. The van der Waals surface area contributed by atoms with E-state index in [4.69, 9.17) is 0 Å². The van der Waals surface area contributed by atoms with Gasteiger partial charge in [0.1, 0.15) is 6.04 Å². The van der Waals surface area contributed by atoms with E-state index in [0.29, 0.717) is 0 Å². The molecule has 0 bridgehead atoms. The highest BCUT2D eigenvalue weighted by Crippen LogP contribution is 2.22. The van der Waals surface area contributed by atoms with E-state index in [-0.39, 0.29) is 12.1 Å². The third-order valence-corrected chi connectivity index (χ3v) is 2.64. The van der Waals surface area contributed by atoms with Gasteiger partial charge in [-0.2, -0.15) is 5.26 Å². The van der Waals surface area contributed by atoms with Gasteiger partial charge in [0.2, 0.25) is 0 Å². The summed E-state index contributed by atoms with van der Waals surface area (Å²) >= 11 is 0. The van der Waals surface area contributed by atoms with Crippen LogP contribution in [0.4, 0.5) is 0 Å². The molecule has 0 spiro atoms. The van der Waals surface area contributed by atoms with Gasteiger partial charge in [0.05, 0.1) is 6.07 Å². The second kappa shape index (κ2) is 4.94. The average Bonchev–Trinajstić information content (AvgIpc) is 2.35. The van der Waals surface area contributed by atoms with Crippen molar-refractivity contribution in [3.63, 3.8) is 0 Å². The van der Waals surface area contributed by atoms with Crippen molar-refractivity contribution in [1.29, 1.82) is 5.26 Å². The normalized spacial score (nSPS) is 12.6. The van der Waals surface area contributed by atoms with Gasteiger partial charge in [-0.25, -0.2) is 0 Å². The summed E-state index contributed by atoms with van der Waals surface area (Å²) < 4.78 is 0. The first-order valence-electron chi connectivity index (χ1n) is 5.70. The first kappa shape index (κ1) is 11.6. The molecule has 2 aromatic rings. The van der Waals surface area contributed by atoms with Gasteiger partial charge in [-0.05, 0) is 19.2 Å². The Balaban J connectivity index is 2.50. The monoisotopic (exact) mass is 225 g/mol. The minimum absolute atomic E-state index is 0.263. The first-order valence-corrected chi connectivity index (χ1v) is 5.70. The van der Waals surface area contributed by atoms with Crippen LogP contribution in [0.25, 0.3) is 10.8 Å². The van der Waals surface area contributed by atoms with Crippen molar-refractivity contribution in [3.8, 4) is 6.07 Å². The molecule has 86 valence electrons. The molecule has 0 saturated heterocycles. The number of hydrogen-bond donors (Lipinski definition) is 1. The van der Waals surface area contributed by atoms with Crippen molar-refractivity contribution >= 4 is 10.8 Å². The summed E-state index contributed by atoms with van der Waals surface area (Å²) in [6, 6.07) is 10.2. The highest BCUT2D eigenvalue weighted by atomic mass is 14.9. The number of nitrogens with one attached hydrogen (secondary N) is 1. The predicted octanol–water partition coefficient (Wildman–Crippen LogP) is 2.80. The molecule has 1 aromatic carbocycles. The van der Waals surface area contributed by atoms with Crippen molar-refractivity contribution in [2.45, 2.75) is 25.9 Å². The number of fused-ring (bicyclic) bond motifs is 1. The maximum Gasteiger partial charge on any atom is 0.123 e. The smallest absolute Gasteiger partial charge is 0.123 e. The molecule has 17 heavy (non-hydrogen) atoms. The Morgan fingerprint density at radius 1 is 1.24 bits per heavy atom. The van der Waals surface area contributed by atoms with E-state index in [2.05, 4.69) is 16.4 Å². The van der Waals surface area contributed by atoms with E-state index >= 15 is 0 Å². The fourth-order valence-electron chi connectivity index (χ4n) is 1.90. The molecule has 1 N–H and O–H groups in total. The molecular weight excluding hydrogens is 210 g/mol. The standard InChI is InChI=1S/C14H15N3/c1-10(2)17-14(7-15)13-9-16-8-11-5-3-4-6-12(11)13/h3-6,8-10,14,17H,1-2H3. The van der Waals surface area contributed by atoms with Crippen molar-refractivity contribution in [3.05, 3.63) is 42.2 Å². The second-order valence-corrected chi connectivity index (χ2v) is 4.33. The summed E-state index contributed by atoms with van der Waals surface area (Å²) in [4.78, 5) is 4.20. The molecule has 1 heterocycles. The maximum absolute atomic E-state index is 9.25. The molecule has 1 unspecified atom stereocenters. The van der Waals surface area contributed by atoms with E-state index in [1.807, 2.05) is 44.3 Å². The zero-order valence-corrected chi connectivity index (χ0v) is 10.0. The summed E-state index contributed by atoms with van der Waals surface area (Å²) in [5, 5.41) is 14.6. The Kier molecular flexibility index (Phi) is 3.36. The van der Waals surface area contributed by atoms with Crippen LogP contribution in [-0.4, -0.2) is 11.0 Å². The van der Waals surface area contributed by atoms with Crippen LogP contribution in [-0.2, 0) is 0 Å². The number of rotatable bonds is 3. The van der Waals surface area contributed by atoms with Crippen LogP contribution in [0.5, 0.6) is 0 Å². The Morgan fingerprint density at radius 3 is 2.71 bits per heavy atom. The van der Waals surface area contributed by atoms with Crippen LogP contribution >= 0.6 is 0 Å². The molecule has 1 atom stereocenters. The van der Waals surface area contributed by atoms with Gasteiger partial charge < -0.3 is 0 Å². The largest absolute Gasteiger partial charge is 0.296 e. The first-order chi connectivity index (χ1) is 8.22. The SMILES string of the molecule is CC(C)NC(C#N)c1cncc2ccccc12. The van der Waals surface area contributed by atoms with Gasteiger partial charge in [-0.3, -0.25) is 10.3 Å². The zero-order valence-electron chi connectivity index (χ0n) is 10.0. The lowest BCUT2D eigenvalue weighted by molar-refractivity contribution is 0.547. The second-order valence-electron chi connectivity index (χ2n) is 4.33. The summed E-state index contributed by atoms with van der Waals surface area (Å²) in [5.41, 5.74) is 0.944. The Labute approximate surface area is 101 Å². The van der Waals surface area contributed by atoms with Gasteiger partial charge in [0.15, 0.2) is 0 Å². The van der Waals surface area contributed by atoms with Gasteiger partial charge in [0.25, 0.3) is 0 Å². The summed E-state index contributed by atoms with van der Waals surface area (Å²) in [7, 11) is 0. The molecule has 0 aliphatic heterocycles. The van der Waals surface area contributed by atoms with Gasteiger partial charge in [-0.15, -0.1) is 0 Å². The molecule has 3 nitrogen and oxygen atoms in total. The minimum atomic E-state index is -0.311. The van der Waals surface area contributed by atoms with Gasteiger partial charge in [-0.1, -0.05) is 24.3 Å². The molecule has 1 aromatic heterocycles. The van der Waals surface area contributed by atoms with E-state index in [1.54, 1.807) is 6.20 Å². The van der Waals surface area contributed by atoms with Crippen molar-refractivity contribution in [2.75, 3.05) is 0 Å². The lowest BCUT2D eigenvalue weighted by atomic mass is 10.0. The minimum Gasteiger partial charge on any atom is -0.296 e. The highest BCUT2D eigenvalue weighted by Gasteiger charge is 2.14. The van der Waals surface area contributed by atoms with Crippen LogP contribution in [0, 0.1) is 11.3 Å². The number of pyridine rings is 1. The van der Waals surface area contributed by atoms with Crippen molar-refractivity contribution in [2.24, 2.45) is 0 Å². The molecule has 2 rings (SSSR count). The van der Waals surface area contributed by atoms with Crippen LogP contribution in [0.1, 0.15) is 25.5 Å². The molecule has 0 radical (unpaired) electrons. The van der Waals surface area contributed by atoms with Crippen molar-refractivity contribution < 1.29 is 0 Å². The number of benzene rings is 1. The molecule has 3 heteroatoms. The topological polar surface area (TPSA) is 48.7 Å². The zero-order chi connectivity index (χ0) is 12.3. The van der Waals surface area contributed by atoms with Crippen LogP contribution in [0.3, 0.4) is 0 Å². The highest BCUT2D eigenvalue weighted by molar-refractivity contribution is 5.85. The van der Waals surface area contributed by atoms with E-state index < -0.39 is 0 Å². The molecule has 0 aliphatic rings. The van der Waals surface area contributed by atoms with E-state index in [1.165, 1.54) is 0 Å². The predicted molar refractivity (Wildman–Crippen MR) is 68.4 cm³/mol. The van der Waals surface area contributed by atoms with Crippen molar-refractivity contribution in [1.82, 2.24) is 10.3 Å². The fourth-order valence-corrected chi connectivity index (χ4v) is 1.90. The maximum atomic E-state index is 9.25. The van der Waals surface area contributed by atoms with Crippen LogP contribution < -0.4 is 5.32 Å². The summed E-state index contributed by atoms with van der Waals surface area (Å²) in [6.45, 7) is 4.06. The van der Waals surface area contributed by atoms with Gasteiger partial charge >= 0.3 is 0 Å². The number of hydrogen-bond acceptors (Lipinski definition) is 3. The van der Waals surface area contributed by atoms with Crippen LogP contribution in [0.15, 0.2) is 36.7 Å². The number of nitrogens with zero attached hydrogens (tertiary/aromatic N) is 2. The molecule has 0 aliphatic carbocycles. The quantitative estimate of drug-likeness (QED) is 0.873. The van der Waals surface area contributed by atoms with E-state index in [9.17, 15) is 5.26 Å². The molecule has 0 fully saturated rings. The number of aromatic nitrogens is 1. The molecule has 0 amide bonds. The Morgan fingerprint density at radius 2 is 2.00 bits per heavy atom. The fraction of sp³-hybridized carbons (Fsp3) is 0.286. The summed E-state index contributed by atoms with van der Waals surface area (Å²) in [5.74, 6) is 0. The lowest BCUT2D eigenvalue weighted by Crippen LogP contribution is -2.27. The van der Waals surface area contributed by atoms with E-state index in [0.717, 1.165) is 16.3 Å². The molecular formula is C14H15N3.